The van der Waals surface area contributed by atoms with Gasteiger partial charge in [-0.25, -0.2) is 8.42 Å². The smallest absolute Gasteiger partial charge is 0.287 e. The molecule has 1 N–H and O–H groups in total. The number of hydrogen-bond acceptors (Lipinski definition) is 7. The van der Waals surface area contributed by atoms with Gasteiger partial charge in [0, 0.05) is 32.6 Å². The van der Waals surface area contributed by atoms with Gasteiger partial charge in [-0.1, -0.05) is 35.5 Å². The fraction of sp³-hybridized carbons (Fsp3) is 0.348. The van der Waals surface area contributed by atoms with Gasteiger partial charge in [0.25, 0.3) is 5.91 Å². The highest BCUT2D eigenvalue weighted by molar-refractivity contribution is 7.89. The number of nitrogens with one attached hydrogen (secondary N) is 1. The van der Waals surface area contributed by atoms with Gasteiger partial charge in [0.05, 0.1) is 6.26 Å². The van der Waals surface area contributed by atoms with Crippen molar-refractivity contribution in [3.05, 3.63) is 71.5 Å². The van der Waals surface area contributed by atoms with E-state index in [9.17, 15) is 18.0 Å². The van der Waals surface area contributed by atoms with E-state index < -0.39 is 22.0 Å². The van der Waals surface area contributed by atoms with Crippen LogP contribution in [0.2, 0.25) is 0 Å². The normalized spacial score (nSPS) is 15.8. The fourth-order valence-electron chi connectivity index (χ4n) is 4.03. The molecule has 2 amide bonds. The molecule has 1 aliphatic heterocycles. The number of aryl methyl sites for hydroxylation is 2. The Kier molecular flexibility index (Phi) is 6.85. The lowest BCUT2D eigenvalue weighted by molar-refractivity contribution is -0.134. The molecule has 4 rings (SSSR count). The summed E-state index contributed by atoms with van der Waals surface area (Å²) in [6.07, 6.45) is 1.69. The standard InChI is InChI=1S/C23H26N4O6S/c1-16-21(17(2)33-25-16)34(30,31)27-12-10-26(11-13-27)23(29)19(15-18-7-4-3-5-8-18)24-22(28)20-9-6-14-32-20/h3-9,14,19H,10-13,15H2,1-2H3,(H,24,28)/t19-/m1/s1. The topological polar surface area (TPSA) is 126 Å². The van der Waals surface area contributed by atoms with E-state index in [4.69, 9.17) is 8.94 Å². The molecule has 3 heterocycles. The number of sulfonamides is 1. The molecule has 0 bridgehead atoms. The maximum atomic E-state index is 13.4. The van der Waals surface area contributed by atoms with Crippen molar-refractivity contribution < 1.29 is 26.9 Å². The first kappa shape index (κ1) is 23.7. The van der Waals surface area contributed by atoms with Crippen molar-refractivity contribution in [3.63, 3.8) is 0 Å². The highest BCUT2D eigenvalue weighted by atomic mass is 32.2. The van der Waals surface area contributed by atoms with Crippen LogP contribution in [0.5, 0.6) is 0 Å². The first-order chi connectivity index (χ1) is 16.3. The Hall–Kier alpha value is -3.44. The Morgan fingerprint density at radius 2 is 1.76 bits per heavy atom. The monoisotopic (exact) mass is 486 g/mol. The van der Waals surface area contributed by atoms with Crippen molar-refractivity contribution in [1.29, 1.82) is 0 Å². The second-order valence-electron chi connectivity index (χ2n) is 8.08. The van der Waals surface area contributed by atoms with Crippen LogP contribution in [-0.4, -0.2) is 66.8 Å². The maximum Gasteiger partial charge on any atom is 0.287 e. The van der Waals surface area contributed by atoms with E-state index in [0.717, 1.165) is 5.56 Å². The Balaban J connectivity index is 1.47. The second-order valence-corrected chi connectivity index (χ2v) is 9.95. The largest absolute Gasteiger partial charge is 0.459 e. The molecule has 0 unspecified atom stereocenters. The van der Waals surface area contributed by atoms with Crippen LogP contribution in [-0.2, 0) is 21.2 Å². The van der Waals surface area contributed by atoms with E-state index in [1.165, 1.54) is 16.6 Å². The first-order valence-electron chi connectivity index (χ1n) is 10.9. The summed E-state index contributed by atoms with van der Waals surface area (Å²) in [6, 6.07) is 11.7. The Morgan fingerprint density at radius 1 is 1.06 bits per heavy atom. The summed E-state index contributed by atoms with van der Waals surface area (Å²) in [5, 5.41) is 6.51. The maximum absolute atomic E-state index is 13.4. The van der Waals surface area contributed by atoms with Gasteiger partial charge in [-0.15, -0.1) is 0 Å². The molecule has 10 nitrogen and oxygen atoms in total. The molecule has 1 fully saturated rings. The molecule has 3 aromatic rings. The van der Waals surface area contributed by atoms with E-state index in [-0.39, 0.29) is 48.5 Å². The molecule has 0 aliphatic carbocycles. The summed E-state index contributed by atoms with van der Waals surface area (Å²) >= 11 is 0. The van der Waals surface area contributed by atoms with Crippen LogP contribution in [0.25, 0.3) is 0 Å². The molecule has 11 heteroatoms. The number of carbonyl (C=O) groups is 2. The van der Waals surface area contributed by atoms with E-state index in [0.29, 0.717) is 12.1 Å². The number of aromatic nitrogens is 1. The molecule has 34 heavy (non-hydrogen) atoms. The van der Waals surface area contributed by atoms with Gasteiger partial charge in [-0.05, 0) is 31.5 Å². The van der Waals surface area contributed by atoms with Crippen LogP contribution in [0.3, 0.4) is 0 Å². The minimum absolute atomic E-state index is 0.0694. The highest BCUT2D eigenvalue weighted by Gasteiger charge is 2.36. The van der Waals surface area contributed by atoms with Gasteiger partial charge in [0.15, 0.2) is 11.5 Å². The van der Waals surface area contributed by atoms with Crippen LogP contribution >= 0.6 is 0 Å². The average Bonchev–Trinajstić information content (AvgIpc) is 3.49. The third-order valence-corrected chi connectivity index (χ3v) is 7.89. The molecule has 0 radical (unpaired) electrons. The SMILES string of the molecule is Cc1noc(C)c1S(=O)(=O)N1CCN(C(=O)[C@@H](Cc2ccccc2)NC(=O)c2ccco2)CC1. The minimum atomic E-state index is -3.79. The van der Waals surface area contributed by atoms with Crippen LogP contribution in [0, 0.1) is 13.8 Å². The number of amides is 2. The lowest BCUT2D eigenvalue weighted by Gasteiger charge is -2.35. The number of nitrogens with zero attached hydrogens (tertiary/aromatic N) is 3. The Labute approximate surface area is 197 Å². The number of piperazine rings is 1. The summed E-state index contributed by atoms with van der Waals surface area (Å²) in [5.74, 6) is -0.419. The van der Waals surface area contributed by atoms with Crippen LogP contribution < -0.4 is 5.32 Å². The Bertz CT molecular complexity index is 1230. The van der Waals surface area contributed by atoms with Crippen LogP contribution in [0.4, 0.5) is 0 Å². The highest BCUT2D eigenvalue weighted by Crippen LogP contribution is 2.24. The number of furan rings is 1. The number of carbonyl (C=O) groups excluding carboxylic acids is 2. The van der Waals surface area contributed by atoms with Gasteiger partial charge in [-0.2, -0.15) is 4.31 Å². The molecule has 1 aromatic carbocycles. The molecule has 1 saturated heterocycles. The van der Waals surface area contributed by atoms with Crippen molar-refractivity contribution in [2.45, 2.75) is 31.2 Å². The number of hydrogen-bond donors (Lipinski definition) is 1. The van der Waals surface area contributed by atoms with Crippen molar-refractivity contribution in [1.82, 2.24) is 19.7 Å². The van der Waals surface area contributed by atoms with Gasteiger partial charge in [-0.3, -0.25) is 9.59 Å². The summed E-state index contributed by atoms with van der Waals surface area (Å²) in [6.45, 7) is 3.79. The zero-order valence-electron chi connectivity index (χ0n) is 18.9. The zero-order valence-corrected chi connectivity index (χ0v) is 19.7. The van der Waals surface area contributed by atoms with Gasteiger partial charge in [0.1, 0.15) is 16.6 Å². The third-order valence-electron chi connectivity index (χ3n) is 5.75. The quantitative estimate of drug-likeness (QED) is 0.539. The van der Waals surface area contributed by atoms with Gasteiger partial charge >= 0.3 is 0 Å². The van der Waals surface area contributed by atoms with E-state index in [2.05, 4.69) is 10.5 Å². The summed E-state index contributed by atoms with van der Waals surface area (Å²) in [5.41, 5.74) is 1.19. The minimum Gasteiger partial charge on any atom is -0.459 e. The molecule has 180 valence electrons. The van der Waals surface area contributed by atoms with Crippen LogP contribution in [0.15, 0.2) is 62.6 Å². The predicted octanol–water partition coefficient (Wildman–Crippen LogP) is 1.76. The van der Waals surface area contributed by atoms with Crippen LogP contribution in [0.1, 0.15) is 27.6 Å². The molecule has 0 spiro atoms. The van der Waals surface area contributed by atoms with Gasteiger partial charge < -0.3 is 19.2 Å². The fourth-order valence-corrected chi connectivity index (χ4v) is 5.74. The summed E-state index contributed by atoms with van der Waals surface area (Å²) in [7, 11) is -3.79. The van der Waals surface area contributed by atoms with Crippen molar-refractivity contribution in [2.24, 2.45) is 0 Å². The zero-order chi connectivity index (χ0) is 24.3. The van der Waals surface area contributed by atoms with Crippen molar-refractivity contribution in [2.75, 3.05) is 26.2 Å². The molecular formula is C23H26N4O6S. The van der Waals surface area contributed by atoms with Crippen molar-refractivity contribution >= 4 is 21.8 Å². The lowest BCUT2D eigenvalue weighted by atomic mass is 10.0. The van der Waals surface area contributed by atoms with E-state index in [1.54, 1.807) is 24.8 Å². The third kappa shape index (κ3) is 4.90. The predicted molar refractivity (Wildman–Crippen MR) is 121 cm³/mol. The Morgan fingerprint density at radius 3 is 2.35 bits per heavy atom. The summed E-state index contributed by atoms with van der Waals surface area (Å²) < 4.78 is 37.7. The lowest BCUT2D eigenvalue weighted by Crippen LogP contribution is -2.56. The first-order valence-corrected chi connectivity index (χ1v) is 12.3. The number of benzene rings is 1. The number of rotatable bonds is 7. The molecule has 2 aromatic heterocycles. The molecule has 0 saturated carbocycles. The second kappa shape index (κ2) is 9.82. The molecule has 1 atom stereocenters. The summed E-state index contributed by atoms with van der Waals surface area (Å²) in [4.78, 5) is 27.6. The van der Waals surface area contributed by atoms with Crippen molar-refractivity contribution in [3.8, 4) is 0 Å². The van der Waals surface area contributed by atoms with E-state index >= 15 is 0 Å². The van der Waals surface area contributed by atoms with E-state index in [1.807, 2.05) is 30.3 Å². The van der Waals surface area contributed by atoms with Gasteiger partial charge in [0.2, 0.25) is 15.9 Å². The molecule has 1 aliphatic rings. The average molecular weight is 487 g/mol. The molecular weight excluding hydrogens is 460 g/mol.